The number of methoxy groups -OCH3 is 1. The number of hydrogen-bond donors (Lipinski definition) is 0. The second-order valence-corrected chi connectivity index (χ2v) is 5.55. The number of halogens is 1. The fourth-order valence-electron chi connectivity index (χ4n) is 2.16. The minimum absolute atomic E-state index is 0.0587. The van der Waals surface area contributed by atoms with Gasteiger partial charge in [0.2, 0.25) is 0 Å². The third-order valence-corrected chi connectivity index (χ3v) is 3.69. The number of esters is 1. The van der Waals surface area contributed by atoms with E-state index in [1.54, 1.807) is 0 Å². The molecular formula is C14H18BrNO3. The molecule has 0 N–H and O–H groups in total. The normalized spacial score (nSPS) is 20.2. The Hall–Kier alpha value is -0.910. The molecule has 1 aromatic carbocycles. The van der Waals surface area contributed by atoms with Gasteiger partial charge in [0.15, 0.2) is 0 Å². The van der Waals surface area contributed by atoms with Crippen molar-refractivity contribution >= 4 is 21.9 Å². The average Bonchev–Trinajstić information content (AvgIpc) is 2.42. The lowest BCUT2D eigenvalue weighted by Gasteiger charge is -2.32. The molecule has 0 bridgehead atoms. The van der Waals surface area contributed by atoms with E-state index in [0.717, 1.165) is 24.1 Å². The Morgan fingerprint density at radius 1 is 1.47 bits per heavy atom. The molecule has 1 aliphatic rings. The number of ether oxygens (including phenoxy) is 2. The molecule has 104 valence electrons. The van der Waals surface area contributed by atoms with Gasteiger partial charge in [0.05, 0.1) is 26.2 Å². The first-order valence-electron chi connectivity index (χ1n) is 6.32. The monoisotopic (exact) mass is 327 g/mol. The van der Waals surface area contributed by atoms with E-state index in [1.807, 2.05) is 12.1 Å². The van der Waals surface area contributed by atoms with E-state index >= 15 is 0 Å². The Labute approximate surface area is 121 Å². The third kappa shape index (κ3) is 4.60. The van der Waals surface area contributed by atoms with Gasteiger partial charge in [0.25, 0.3) is 0 Å². The minimum Gasteiger partial charge on any atom is -0.469 e. The van der Waals surface area contributed by atoms with Gasteiger partial charge in [-0.25, -0.2) is 0 Å². The molecule has 5 heteroatoms. The second kappa shape index (κ2) is 7.03. The first-order valence-corrected chi connectivity index (χ1v) is 7.12. The lowest BCUT2D eigenvalue weighted by molar-refractivity contribution is -0.145. The first-order chi connectivity index (χ1) is 9.17. The molecule has 1 saturated heterocycles. The topological polar surface area (TPSA) is 38.8 Å². The fourth-order valence-corrected chi connectivity index (χ4v) is 2.43. The zero-order valence-electron chi connectivity index (χ0n) is 11.0. The van der Waals surface area contributed by atoms with Crippen molar-refractivity contribution < 1.29 is 14.3 Å². The molecule has 1 heterocycles. The standard InChI is InChI=1S/C14H18BrNO3/c1-18-14(17)8-13-10-16(6-7-19-13)9-11-2-4-12(15)5-3-11/h2-5,13H,6-10H2,1H3/t13-/m1/s1. The predicted molar refractivity (Wildman–Crippen MR) is 75.8 cm³/mol. The van der Waals surface area contributed by atoms with Crippen LogP contribution in [0.3, 0.4) is 0 Å². The number of morpholine rings is 1. The van der Waals surface area contributed by atoms with E-state index in [0.29, 0.717) is 13.0 Å². The van der Waals surface area contributed by atoms with Crippen LogP contribution in [0.5, 0.6) is 0 Å². The number of rotatable bonds is 4. The van der Waals surface area contributed by atoms with Gasteiger partial charge in [-0.1, -0.05) is 28.1 Å². The molecule has 1 aliphatic heterocycles. The number of benzene rings is 1. The van der Waals surface area contributed by atoms with Crippen LogP contribution in [0.15, 0.2) is 28.7 Å². The van der Waals surface area contributed by atoms with Crippen molar-refractivity contribution in [2.45, 2.75) is 19.1 Å². The largest absolute Gasteiger partial charge is 0.469 e. The summed E-state index contributed by atoms with van der Waals surface area (Å²) in [5, 5.41) is 0. The molecule has 1 atom stereocenters. The van der Waals surface area contributed by atoms with E-state index in [-0.39, 0.29) is 12.1 Å². The highest BCUT2D eigenvalue weighted by Gasteiger charge is 2.23. The fraction of sp³-hybridized carbons (Fsp3) is 0.500. The first kappa shape index (κ1) is 14.5. The summed E-state index contributed by atoms with van der Waals surface area (Å²) in [4.78, 5) is 13.6. The lowest BCUT2D eigenvalue weighted by Crippen LogP contribution is -2.42. The summed E-state index contributed by atoms with van der Waals surface area (Å²) in [6.45, 7) is 3.21. The molecule has 1 aromatic rings. The molecule has 0 saturated carbocycles. The summed E-state index contributed by atoms with van der Waals surface area (Å²) in [5.74, 6) is -0.213. The Balaban J connectivity index is 1.87. The lowest BCUT2D eigenvalue weighted by atomic mass is 10.1. The van der Waals surface area contributed by atoms with E-state index in [9.17, 15) is 4.79 Å². The number of carbonyl (C=O) groups is 1. The van der Waals surface area contributed by atoms with Gasteiger partial charge >= 0.3 is 5.97 Å². The maximum atomic E-state index is 11.3. The molecular weight excluding hydrogens is 310 g/mol. The summed E-state index contributed by atoms with van der Waals surface area (Å²) in [6.07, 6.45) is 0.268. The van der Waals surface area contributed by atoms with Crippen molar-refractivity contribution in [1.82, 2.24) is 4.90 Å². The van der Waals surface area contributed by atoms with Crippen LogP contribution in [0, 0.1) is 0 Å². The number of nitrogens with zero attached hydrogens (tertiary/aromatic N) is 1. The van der Waals surface area contributed by atoms with Gasteiger partial charge in [-0.15, -0.1) is 0 Å². The van der Waals surface area contributed by atoms with Crippen LogP contribution in [0.25, 0.3) is 0 Å². The van der Waals surface area contributed by atoms with Gasteiger partial charge in [0, 0.05) is 24.1 Å². The van der Waals surface area contributed by atoms with Crippen LogP contribution >= 0.6 is 15.9 Å². The number of carbonyl (C=O) groups excluding carboxylic acids is 1. The van der Waals surface area contributed by atoms with Gasteiger partial charge in [-0.3, -0.25) is 9.69 Å². The molecule has 2 rings (SSSR count). The van der Waals surface area contributed by atoms with Crippen LogP contribution in [0.2, 0.25) is 0 Å². The van der Waals surface area contributed by atoms with Crippen molar-refractivity contribution in [2.75, 3.05) is 26.8 Å². The minimum atomic E-state index is -0.213. The van der Waals surface area contributed by atoms with Gasteiger partial charge in [0.1, 0.15) is 0 Å². The summed E-state index contributed by atoms with van der Waals surface area (Å²) in [5.41, 5.74) is 1.27. The van der Waals surface area contributed by atoms with E-state index < -0.39 is 0 Å². The summed E-state index contributed by atoms with van der Waals surface area (Å²) >= 11 is 3.43. The molecule has 4 nitrogen and oxygen atoms in total. The van der Waals surface area contributed by atoms with Crippen molar-refractivity contribution in [2.24, 2.45) is 0 Å². The summed E-state index contributed by atoms with van der Waals surface area (Å²) in [6, 6.07) is 8.30. The molecule has 19 heavy (non-hydrogen) atoms. The Kier molecular flexibility index (Phi) is 5.36. The van der Waals surface area contributed by atoms with Crippen LogP contribution in [0.1, 0.15) is 12.0 Å². The molecule has 0 unspecified atom stereocenters. The van der Waals surface area contributed by atoms with Gasteiger partial charge < -0.3 is 9.47 Å². The molecule has 0 spiro atoms. The van der Waals surface area contributed by atoms with Crippen LogP contribution in [0.4, 0.5) is 0 Å². The molecule has 1 fully saturated rings. The SMILES string of the molecule is COC(=O)C[C@@H]1CN(Cc2ccc(Br)cc2)CCO1. The van der Waals surface area contributed by atoms with E-state index in [4.69, 9.17) is 4.74 Å². The summed E-state index contributed by atoms with van der Waals surface area (Å²) in [7, 11) is 1.41. The van der Waals surface area contributed by atoms with Crippen molar-refractivity contribution in [1.29, 1.82) is 0 Å². The smallest absolute Gasteiger partial charge is 0.308 e. The van der Waals surface area contributed by atoms with Crippen LogP contribution in [-0.2, 0) is 20.8 Å². The van der Waals surface area contributed by atoms with Crippen molar-refractivity contribution in [3.8, 4) is 0 Å². The quantitative estimate of drug-likeness (QED) is 0.795. The Morgan fingerprint density at radius 3 is 2.89 bits per heavy atom. The maximum Gasteiger partial charge on any atom is 0.308 e. The van der Waals surface area contributed by atoms with Crippen molar-refractivity contribution in [3.05, 3.63) is 34.3 Å². The van der Waals surface area contributed by atoms with E-state index in [2.05, 4.69) is 37.7 Å². The maximum absolute atomic E-state index is 11.3. The molecule has 0 aliphatic carbocycles. The van der Waals surface area contributed by atoms with Gasteiger partial charge in [-0.05, 0) is 17.7 Å². The Morgan fingerprint density at radius 2 is 2.21 bits per heavy atom. The highest BCUT2D eigenvalue weighted by atomic mass is 79.9. The predicted octanol–water partition coefficient (Wildman–Crippen LogP) is 2.21. The third-order valence-electron chi connectivity index (χ3n) is 3.16. The second-order valence-electron chi connectivity index (χ2n) is 4.63. The average molecular weight is 328 g/mol. The highest BCUT2D eigenvalue weighted by Crippen LogP contribution is 2.15. The van der Waals surface area contributed by atoms with E-state index in [1.165, 1.54) is 12.7 Å². The summed E-state index contributed by atoms with van der Waals surface area (Å²) < 4.78 is 11.3. The number of hydrogen-bond acceptors (Lipinski definition) is 4. The Bertz CT molecular complexity index is 421. The zero-order chi connectivity index (χ0) is 13.7. The molecule has 0 amide bonds. The highest BCUT2D eigenvalue weighted by molar-refractivity contribution is 9.10. The van der Waals surface area contributed by atoms with Crippen LogP contribution in [-0.4, -0.2) is 43.8 Å². The van der Waals surface area contributed by atoms with Gasteiger partial charge in [-0.2, -0.15) is 0 Å². The molecule has 0 radical (unpaired) electrons. The van der Waals surface area contributed by atoms with Crippen molar-refractivity contribution in [3.63, 3.8) is 0 Å². The van der Waals surface area contributed by atoms with Crippen LogP contribution < -0.4 is 0 Å². The zero-order valence-corrected chi connectivity index (χ0v) is 12.6. The molecule has 0 aromatic heterocycles.